The van der Waals surface area contributed by atoms with E-state index in [1.165, 1.54) is 4.90 Å². The molecule has 0 spiro atoms. The molecular weight excluding hydrogens is 354 g/mol. The van der Waals surface area contributed by atoms with Gasteiger partial charge >= 0.3 is 0 Å². The molecule has 3 atom stereocenters. The van der Waals surface area contributed by atoms with Gasteiger partial charge in [-0.1, -0.05) is 30.3 Å². The number of hydrogen-bond acceptors (Lipinski definition) is 5. The van der Waals surface area contributed by atoms with Gasteiger partial charge in [-0.05, 0) is 43.7 Å². The second kappa shape index (κ2) is 7.37. The minimum absolute atomic E-state index is 0.205. The highest BCUT2D eigenvalue weighted by Crippen LogP contribution is 2.45. The van der Waals surface area contributed by atoms with Crippen molar-refractivity contribution >= 4 is 23.2 Å². The van der Waals surface area contributed by atoms with Crippen LogP contribution in [0.4, 0.5) is 11.4 Å². The van der Waals surface area contributed by atoms with Gasteiger partial charge in [0.1, 0.15) is 0 Å². The van der Waals surface area contributed by atoms with Gasteiger partial charge in [0.2, 0.25) is 5.91 Å². The number of nitrogens with zero attached hydrogens (tertiary/aromatic N) is 3. The van der Waals surface area contributed by atoms with E-state index in [0.29, 0.717) is 5.69 Å². The van der Waals surface area contributed by atoms with E-state index in [4.69, 9.17) is 4.84 Å². The van der Waals surface area contributed by atoms with Crippen LogP contribution < -0.4 is 9.80 Å². The first-order valence-electron chi connectivity index (χ1n) is 9.74. The van der Waals surface area contributed by atoms with Crippen molar-refractivity contribution in [3.8, 4) is 0 Å². The summed E-state index contributed by atoms with van der Waals surface area (Å²) in [6.45, 7) is 6.13. The number of rotatable bonds is 5. The lowest BCUT2D eigenvalue weighted by molar-refractivity contribution is -0.160. The third-order valence-corrected chi connectivity index (χ3v) is 5.68. The molecule has 6 nitrogen and oxygen atoms in total. The van der Waals surface area contributed by atoms with Crippen LogP contribution in [0.1, 0.15) is 25.5 Å². The first-order chi connectivity index (χ1) is 13.6. The van der Waals surface area contributed by atoms with Crippen LogP contribution in [0, 0.1) is 5.92 Å². The lowest BCUT2D eigenvalue weighted by Crippen LogP contribution is -2.36. The van der Waals surface area contributed by atoms with E-state index < -0.39 is 12.0 Å². The smallest absolute Gasteiger partial charge is 0.265 e. The zero-order chi connectivity index (χ0) is 19.8. The van der Waals surface area contributed by atoms with Gasteiger partial charge in [0.15, 0.2) is 6.10 Å². The number of carbonyl (C=O) groups excluding carboxylic acids is 2. The number of hydrogen-bond donors (Lipinski definition) is 0. The van der Waals surface area contributed by atoms with Crippen LogP contribution in [-0.2, 0) is 14.4 Å². The van der Waals surface area contributed by atoms with Gasteiger partial charge in [0.05, 0.1) is 17.6 Å². The summed E-state index contributed by atoms with van der Waals surface area (Å²) in [4.78, 5) is 35.4. The predicted octanol–water partition coefficient (Wildman–Crippen LogP) is 3.01. The number of imide groups is 1. The highest BCUT2D eigenvalue weighted by molar-refractivity contribution is 6.23. The number of amides is 2. The van der Waals surface area contributed by atoms with E-state index in [1.54, 1.807) is 24.2 Å². The number of carbonyl (C=O) groups is 2. The van der Waals surface area contributed by atoms with Crippen LogP contribution in [0.25, 0.3) is 0 Å². The van der Waals surface area contributed by atoms with Crippen molar-refractivity contribution in [1.82, 2.24) is 5.06 Å². The van der Waals surface area contributed by atoms with Gasteiger partial charge in [0.25, 0.3) is 5.91 Å². The van der Waals surface area contributed by atoms with E-state index in [1.807, 2.05) is 30.3 Å². The monoisotopic (exact) mass is 379 g/mol. The lowest BCUT2D eigenvalue weighted by Gasteiger charge is -2.25. The first-order valence-corrected chi connectivity index (χ1v) is 9.74. The highest BCUT2D eigenvalue weighted by atomic mass is 16.7. The van der Waals surface area contributed by atoms with Crippen molar-refractivity contribution in [3.05, 3.63) is 60.2 Å². The van der Waals surface area contributed by atoms with Gasteiger partial charge in [-0.25, -0.2) is 4.90 Å². The van der Waals surface area contributed by atoms with Crippen LogP contribution in [0.15, 0.2) is 54.6 Å². The SMILES string of the molecule is CCN(CC)c1ccc([C@H]2[C@@H]3C(=O)N(c4ccccc4)C(=O)[C@@H]3ON2C)cc1. The molecule has 0 aliphatic carbocycles. The van der Waals surface area contributed by atoms with Gasteiger partial charge < -0.3 is 4.90 Å². The molecule has 2 aliphatic rings. The van der Waals surface area contributed by atoms with Crippen molar-refractivity contribution in [3.63, 3.8) is 0 Å². The normalized spacial score (nSPS) is 24.7. The summed E-state index contributed by atoms with van der Waals surface area (Å²) in [6, 6.07) is 17.0. The van der Waals surface area contributed by atoms with Gasteiger partial charge in [0, 0.05) is 25.8 Å². The van der Waals surface area contributed by atoms with E-state index in [2.05, 4.69) is 30.9 Å². The second-order valence-corrected chi connectivity index (χ2v) is 7.15. The second-order valence-electron chi connectivity index (χ2n) is 7.15. The summed E-state index contributed by atoms with van der Waals surface area (Å²) in [6.07, 6.45) is -0.773. The average molecular weight is 379 g/mol. The molecule has 2 aromatic rings. The zero-order valence-corrected chi connectivity index (χ0v) is 16.4. The van der Waals surface area contributed by atoms with Gasteiger partial charge in [-0.3, -0.25) is 14.4 Å². The maximum absolute atomic E-state index is 13.2. The van der Waals surface area contributed by atoms with Crippen molar-refractivity contribution in [2.45, 2.75) is 26.0 Å². The standard InChI is InChI=1S/C22H25N3O3/c1-4-24(5-2)16-13-11-15(12-14-16)19-18-20(28-23(19)3)22(27)25(21(18)26)17-9-7-6-8-10-17/h6-14,18-20H,4-5H2,1-3H3/t18-,19-,20+/m0/s1. The predicted molar refractivity (Wildman–Crippen MR) is 108 cm³/mol. The molecule has 2 heterocycles. The Morgan fingerprint density at radius 2 is 1.57 bits per heavy atom. The van der Waals surface area contributed by atoms with Crippen molar-refractivity contribution in [2.75, 3.05) is 29.9 Å². The lowest BCUT2D eigenvalue weighted by atomic mass is 9.91. The molecular formula is C22H25N3O3. The Morgan fingerprint density at radius 1 is 0.929 bits per heavy atom. The van der Waals surface area contributed by atoms with E-state index >= 15 is 0 Å². The Balaban J connectivity index is 1.64. The number of para-hydroxylation sites is 1. The maximum Gasteiger partial charge on any atom is 0.265 e. The van der Waals surface area contributed by atoms with Crippen LogP contribution in [-0.4, -0.2) is 43.1 Å². The molecule has 0 radical (unpaired) electrons. The summed E-state index contributed by atoms with van der Waals surface area (Å²) in [5.74, 6) is -1.05. The Labute approximate surface area is 165 Å². The molecule has 2 aromatic carbocycles. The number of benzene rings is 2. The summed E-state index contributed by atoms with van der Waals surface area (Å²) in [5, 5.41) is 1.65. The molecule has 0 N–H and O–H groups in total. The molecule has 2 aliphatic heterocycles. The fourth-order valence-corrected chi connectivity index (χ4v) is 4.27. The Kier molecular flexibility index (Phi) is 4.91. The summed E-state index contributed by atoms with van der Waals surface area (Å²) in [5.41, 5.74) is 2.71. The van der Waals surface area contributed by atoms with Crippen LogP contribution in [0.2, 0.25) is 0 Å². The molecule has 4 rings (SSSR count). The van der Waals surface area contributed by atoms with E-state index in [0.717, 1.165) is 24.3 Å². The molecule has 0 bridgehead atoms. The van der Waals surface area contributed by atoms with E-state index in [9.17, 15) is 9.59 Å². The molecule has 2 fully saturated rings. The number of fused-ring (bicyclic) bond motifs is 1. The fourth-order valence-electron chi connectivity index (χ4n) is 4.27. The zero-order valence-electron chi connectivity index (χ0n) is 16.4. The molecule has 6 heteroatoms. The summed E-state index contributed by atoms with van der Waals surface area (Å²) >= 11 is 0. The third kappa shape index (κ3) is 2.89. The van der Waals surface area contributed by atoms with Gasteiger partial charge in [-0.15, -0.1) is 0 Å². The Hall–Kier alpha value is -2.70. The quantitative estimate of drug-likeness (QED) is 0.748. The largest absolute Gasteiger partial charge is 0.372 e. The summed E-state index contributed by atoms with van der Waals surface area (Å²) in [7, 11) is 1.79. The molecule has 0 saturated carbocycles. The van der Waals surface area contributed by atoms with Crippen LogP contribution in [0.5, 0.6) is 0 Å². The topological polar surface area (TPSA) is 53.1 Å². The first kappa shape index (κ1) is 18.7. The van der Waals surface area contributed by atoms with Crippen LogP contribution >= 0.6 is 0 Å². The third-order valence-electron chi connectivity index (χ3n) is 5.68. The maximum atomic E-state index is 13.2. The van der Waals surface area contributed by atoms with Crippen LogP contribution in [0.3, 0.4) is 0 Å². The minimum atomic E-state index is -0.773. The Morgan fingerprint density at radius 3 is 2.18 bits per heavy atom. The van der Waals surface area contributed by atoms with E-state index in [-0.39, 0.29) is 17.9 Å². The summed E-state index contributed by atoms with van der Waals surface area (Å²) < 4.78 is 0. The minimum Gasteiger partial charge on any atom is -0.372 e. The molecule has 0 aromatic heterocycles. The highest BCUT2D eigenvalue weighted by Gasteiger charge is 2.59. The molecule has 146 valence electrons. The Bertz CT molecular complexity index is 864. The fraction of sp³-hybridized carbons (Fsp3) is 0.364. The molecule has 28 heavy (non-hydrogen) atoms. The average Bonchev–Trinajstić information content (AvgIpc) is 3.18. The van der Waals surface area contributed by atoms with Crippen molar-refractivity contribution in [1.29, 1.82) is 0 Å². The number of hydroxylamine groups is 2. The van der Waals surface area contributed by atoms with Crippen molar-refractivity contribution < 1.29 is 14.4 Å². The molecule has 2 amide bonds. The number of anilines is 2. The van der Waals surface area contributed by atoms with Crippen molar-refractivity contribution in [2.24, 2.45) is 5.92 Å². The molecule has 0 unspecified atom stereocenters. The molecule has 2 saturated heterocycles. The van der Waals surface area contributed by atoms with Gasteiger partial charge in [-0.2, -0.15) is 5.06 Å².